The maximum atomic E-state index is 12.7. The second kappa shape index (κ2) is 6.52. The normalized spacial score (nSPS) is 17.5. The molecule has 1 saturated heterocycles. The summed E-state index contributed by atoms with van der Waals surface area (Å²) in [4.78, 5) is 15.0. The quantitative estimate of drug-likeness (QED) is 0.586. The summed E-state index contributed by atoms with van der Waals surface area (Å²) in [6, 6.07) is 2.50. The number of ketones is 1. The van der Waals surface area contributed by atoms with Crippen molar-refractivity contribution in [3.05, 3.63) is 23.0 Å². The first-order valence-corrected chi connectivity index (χ1v) is 10.0. The molecule has 0 radical (unpaired) electrons. The molecule has 3 heterocycles. The Labute approximate surface area is 152 Å². The predicted octanol–water partition coefficient (Wildman–Crippen LogP) is 3.14. The van der Waals surface area contributed by atoms with Gasteiger partial charge >= 0.3 is 0 Å². The molecule has 6 nitrogen and oxygen atoms in total. The highest BCUT2D eigenvalue weighted by molar-refractivity contribution is 7.99. The molecule has 2 aliphatic rings. The third kappa shape index (κ3) is 3.10. The van der Waals surface area contributed by atoms with E-state index in [4.69, 9.17) is 0 Å². The zero-order chi connectivity index (χ0) is 17.6. The molecular weight excluding hydrogens is 334 g/mol. The molecule has 0 amide bonds. The highest BCUT2D eigenvalue weighted by Crippen LogP contribution is 2.41. The third-order valence-electron chi connectivity index (χ3n) is 5.36. The van der Waals surface area contributed by atoms with Crippen LogP contribution < -0.4 is 4.90 Å². The Hall–Kier alpha value is -1.76. The van der Waals surface area contributed by atoms with Gasteiger partial charge in [-0.1, -0.05) is 11.8 Å². The average Bonchev–Trinajstić information content (AvgIpc) is 3.04. The minimum atomic E-state index is 0.166. The summed E-state index contributed by atoms with van der Waals surface area (Å²) in [5.41, 5.74) is 2.97. The number of rotatable bonds is 6. The van der Waals surface area contributed by atoms with Crippen LogP contribution in [-0.4, -0.2) is 44.0 Å². The summed E-state index contributed by atoms with van der Waals surface area (Å²) >= 11 is 1.53. The lowest BCUT2D eigenvalue weighted by Crippen LogP contribution is -2.22. The van der Waals surface area contributed by atoms with Gasteiger partial charge in [-0.15, -0.1) is 10.2 Å². The Balaban J connectivity index is 1.51. The SMILES string of the molecule is Cc1cc(C(=O)CSc2nnc(N3CCCC3)n2C2CC2)c(C)n1C. The molecule has 0 bridgehead atoms. The van der Waals surface area contributed by atoms with Gasteiger partial charge in [-0.25, -0.2) is 0 Å². The second-order valence-electron chi connectivity index (χ2n) is 7.13. The molecule has 0 atom stereocenters. The maximum absolute atomic E-state index is 12.7. The minimum absolute atomic E-state index is 0.166. The Kier molecular flexibility index (Phi) is 4.35. The summed E-state index contributed by atoms with van der Waals surface area (Å²) in [5, 5.41) is 9.75. The molecule has 2 aromatic heterocycles. The molecule has 1 aliphatic carbocycles. The van der Waals surface area contributed by atoms with E-state index in [-0.39, 0.29) is 5.78 Å². The summed E-state index contributed by atoms with van der Waals surface area (Å²) in [7, 11) is 2.00. The van der Waals surface area contributed by atoms with E-state index >= 15 is 0 Å². The molecule has 1 saturated carbocycles. The number of aryl methyl sites for hydroxylation is 1. The van der Waals surface area contributed by atoms with Crippen molar-refractivity contribution in [2.45, 2.75) is 50.7 Å². The van der Waals surface area contributed by atoms with E-state index in [1.54, 1.807) is 0 Å². The van der Waals surface area contributed by atoms with E-state index in [1.807, 2.05) is 27.0 Å². The summed E-state index contributed by atoms with van der Waals surface area (Å²) in [6.07, 6.45) is 4.84. The maximum Gasteiger partial charge on any atom is 0.228 e. The number of carbonyl (C=O) groups excluding carboxylic acids is 1. The molecule has 0 spiro atoms. The van der Waals surface area contributed by atoms with Crippen LogP contribution in [0.2, 0.25) is 0 Å². The zero-order valence-corrected chi connectivity index (χ0v) is 16.0. The van der Waals surface area contributed by atoms with Gasteiger partial charge < -0.3 is 9.47 Å². The fourth-order valence-electron chi connectivity index (χ4n) is 3.50. The summed E-state index contributed by atoms with van der Waals surface area (Å²) in [6.45, 7) is 6.17. The van der Waals surface area contributed by atoms with Crippen LogP contribution in [0.15, 0.2) is 11.2 Å². The number of nitrogens with zero attached hydrogens (tertiary/aromatic N) is 5. The van der Waals surface area contributed by atoms with Crippen LogP contribution in [0, 0.1) is 13.8 Å². The second-order valence-corrected chi connectivity index (χ2v) is 8.08. The first kappa shape index (κ1) is 16.7. The van der Waals surface area contributed by atoms with Crippen molar-refractivity contribution < 1.29 is 4.79 Å². The summed E-state index contributed by atoms with van der Waals surface area (Å²) in [5.74, 6) is 1.58. The number of carbonyl (C=O) groups is 1. The molecule has 0 aromatic carbocycles. The van der Waals surface area contributed by atoms with Crippen molar-refractivity contribution in [3.8, 4) is 0 Å². The highest BCUT2D eigenvalue weighted by atomic mass is 32.2. The van der Waals surface area contributed by atoms with E-state index in [9.17, 15) is 4.79 Å². The molecule has 0 N–H and O–H groups in total. The van der Waals surface area contributed by atoms with Gasteiger partial charge in [-0.3, -0.25) is 9.36 Å². The predicted molar refractivity (Wildman–Crippen MR) is 99.7 cm³/mol. The Morgan fingerprint density at radius 2 is 1.96 bits per heavy atom. The average molecular weight is 359 g/mol. The van der Waals surface area contributed by atoms with Gasteiger partial charge in [-0.05, 0) is 45.6 Å². The first-order valence-electron chi connectivity index (χ1n) is 9.05. The van der Waals surface area contributed by atoms with Gasteiger partial charge in [-0.2, -0.15) is 0 Å². The lowest BCUT2D eigenvalue weighted by Gasteiger charge is -2.17. The Morgan fingerprint density at radius 1 is 1.24 bits per heavy atom. The Bertz CT molecular complexity index is 799. The van der Waals surface area contributed by atoms with Crippen LogP contribution in [0.25, 0.3) is 0 Å². The highest BCUT2D eigenvalue weighted by Gasteiger charge is 2.32. The minimum Gasteiger partial charge on any atom is -0.351 e. The van der Waals surface area contributed by atoms with E-state index < -0.39 is 0 Å². The van der Waals surface area contributed by atoms with Gasteiger partial charge in [0.05, 0.1) is 5.75 Å². The number of thioether (sulfide) groups is 1. The molecule has 2 aromatic rings. The number of anilines is 1. The largest absolute Gasteiger partial charge is 0.351 e. The van der Waals surface area contributed by atoms with Crippen LogP contribution in [0.4, 0.5) is 5.95 Å². The first-order chi connectivity index (χ1) is 12.1. The van der Waals surface area contributed by atoms with Gasteiger partial charge in [0.2, 0.25) is 5.95 Å². The molecule has 2 fully saturated rings. The fourth-order valence-corrected chi connectivity index (χ4v) is 4.38. The van der Waals surface area contributed by atoms with Crippen molar-refractivity contribution in [1.29, 1.82) is 0 Å². The van der Waals surface area contributed by atoms with E-state index in [1.165, 1.54) is 37.4 Å². The molecule has 134 valence electrons. The van der Waals surface area contributed by atoms with Crippen LogP contribution in [0.3, 0.4) is 0 Å². The van der Waals surface area contributed by atoms with Crippen molar-refractivity contribution in [2.75, 3.05) is 23.7 Å². The van der Waals surface area contributed by atoms with Crippen molar-refractivity contribution >= 4 is 23.5 Å². The van der Waals surface area contributed by atoms with Crippen molar-refractivity contribution in [2.24, 2.45) is 7.05 Å². The molecule has 1 aliphatic heterocycles. The van der Waals surface area contributed by atoms with Crippen molar-refractivity contribution in [1.82, 2.24) is 19.3 Å². The number of hydrogen-bond donors (Lipinski definition) is 0. The summed E-state index contributed by atoms with van der Waals surface area (Å²) < 4.78 is 4.34. The van der Waals surface area contributed by atoms with Gasteiger partial charge in [0, 0.05) is 43.1 Å². The number of Topliss-reactive ketones (excluding diaryl/α,β-unsaturated/α-hetero) is 1. The number of hydrogen-bond acceptors (Lipinski definition) is 5. The third-order valence-corrected chi connectivity index (χ3v) is 6.30. The lowest BCUT2D eigenvalue weighted by atomic mass is 10.2. The zero-order valence-electron chi connectivity index (χ0n) is 15.2. The van der Waals surface area contributed by atoms with Gasteiger partial charge in [0.15, 0.2) is 10.9 Å². The smallest absolute Gasteiger partial charge is 0.228 e. The van der Waals surface area contributed by atoms with Crippen LogP contribution >= 0.6 is 11.8 Å². The molecular formula is C18H25N5OS. The molecule has 0 unspecified atom stereocenters. The van der Waals surface area contributed by atoms with Crippen LogP contribution in [0.1, 0.15) is 53.5 Å². The van der Waals surface area contributed by atoms with Crippen LogP contribution in [0.5, 0.6) is 0 Å². The molecule has 7 heteroatoms. The lowest BCUT2D eigenvalue weighted by molar-refractivity contribution is 0.102. The monoisotopic (exact) mass is 359 g/mol. The Morgan fingerprint density at radius 3 is 2.56 bits per heavy atom. The van der Waals surface area contributed by atoms with E-state index in [0.717, 1.165) is 41.1 Å². The van der Waals surface area contributed by atoms with Crippen molar-refractivity contribution in [3.63, 3.8) is 0 Å². The van der Waals surface area contributed by atoms with E-state index in [2.05, 4.69) is 24.2 Å². The van der Waals surface area contributed by atoms with Crippen LogP contribution in [-0.2, 0) is 7.05 Å². The number of aromatic nitrogens is 4. The fraction of sp³-hybridized carbons (Fsp3) is 0.611. The topological polar surface area (TPSA) is 56.0 Å². The standard InChI is InChI=1S/C18H25N5OS/c1-12-10-15(13(2)21(12)3)16(24)11-25-18-20-19-17(22-8-4-5-9-22)23(18)14-6-7-14/h10,14H,4-9,11H2,1-3H3. The molecule has 25 heavy (non-hydrogen) atoms. The van der Waals surface area contributed by atoms with E-state index in [0.29, 0.717) is 11.8 Å². The van der Waals surface area contributed by atoms with Gasteiger partial charge in [0.1, 0.15) is 0 Å². The molecule has 4 rings (SSSR count). The van der Waals surface area contributed by atoms with Gasteiger partial charge in [0.25, 0.3) is 0 Å².